The Morgan fingerprint density at radius 2 is 2.11 bits per heavy atom. The van der Waals surface area contributed by atoms with Crippen LogP contribution in [0, 0.1) is 0 Å². The molecule has 0 bridgehead atoms. The quantitative estimate of drug-likeness (QED) is 0.891. The zero-order valence-corrected chi connectivity index (χ0v) is 13.2. The molecule has 19 heavy (non-hydrogen) atoms. The average Bonchev–Trinajstić information content (AvgIpc) is 2.46. The van der Waals surface area contributed by atoms with Crippen LogP contribution in [0.4, 0.5) is 0 Å². The van der Waals surface area contributed by atoms with E-state index in [1.165, 1.54) is 17.7 Å². The fourth-order valence-electron chi connectivity index (χ4n) is 2.86. The van der Waals surface area contributed by atoms with Crippen LogP contribution in [0.5, 0.6) is 0 Å². The van der Waals surface area contributed by atoms with Crippen molar-refractivity contribution in [3.05, 3.63) is 35.9 Å². The molecule has 0 radical (unpaired) electrons. The van der Waals surface area contributed by atoms with Gasteiger partial charge in [-0.2, -0.15) is 11.8 Å². The average molecular weight is 278 g/mol. The molecule has 1 aromatic rings. The zero-order chi connectivity index (χ0) is 13.7. The van der Waals surface area contributed by atoms with Crippen LogP contribution in [0.3, 0.4) is 0 Å². The van der Waals surface area contributed by atoms with E-state index < -0.39 is 0 Å². The van der Waals surface area contributed by atoms with Crippen LogP contribution in [0.15, 0.2) is 30.3 Å². The molecule has 0 amide bonds. The van der Waals surface area contributed by atoms with Crippen LogP contribution in [-0.2, 0) is 5.54 Å². The third-order valence-corrected chi connectivity index (χ3v) is 4.85. The fourth-order valence-corrected chi connectivity index (χ4v) is 3.44. The summed E-state index contributed by atoms with van der Waals surface area (Å²) in [5, 5.41) is 3.71. The van der Waals surface area contributed by atoms with Gasteiger partial charge in [0.1, 0.15) is 0 Å². The van der Waals surface area contributed by atoms with Crippen molar-refractivity contribution < 1.29 is 0 Å². The molecule has 0 aromatic heterocycles. The standard InChI is InChI=1S/C16H26N2S/c1-14(9-12-19-3)18-11-10-17-16(2,13-18)15-7-5-4-6-8-15/h4-8,14,17H,9-13H2,1-3H3. The van der Waals surface area contributed by atoms with Gasteiger partial charge in [-0.05, 0) is 37.8 Å². The highest BCUT2D eigenvalue weighted by Crippen LogP contribution is 2.26. The van der Waals surface area contributed by atoms with Crippen LogP contribution in [-0.4, -0.2) is 42.6 Å². The van der Waals surface area contributed by atoms with Crippen molar-refractivity contribution in [1.29, 1.82) is 0 Å². The summed E-state index contributed by atoms with van der Waals surface area (Å²) in [7, 11) is 0. The van der Waals surface area contributed by atoms with Crippen LogP contribution < -0.4 is 5.32 Å². The van der Waals surface area contributed by atoms with Gasteiger partial charge in [0, 0.05) is 25.7 Å². The Bertz CT molecular complexity index is 382. The monoisotopic (exact) mass is 278 g/mol. The summed E-state index contributed by atoms with van der Waals surface area (Å²) in [4.78, 5) is 2.64. The summed E-state index contributed by atoms with van der Waals surface area (Å²) in [6, 6.07) is 11.5. The number of rotatable bonds is 5. The number of hydrogen-bond acceptors (Lipinski definition) is 3. The van der Waals surface area contributed by atoms with Gasteiger partial charge in [-0.3, -0.25) is 4.90 Å². The van der Waals surface area contributed by atoms with E-state index in [0.29, 0.717) is 6.04 Å². The number of benzene rings is 1. The van der Waals surface area contributed by atoms with Crippen molar-refractivity contribution >= 4 is 11.8 Å². The third kappa shape index (κ3) is 3.74. The molecule has 1 fully saturated rings. The second kappa shape index (κ2) is 6.78. The van der Waals surface area contributed by atoms with Crippen molar-refractivity contribution in [2.75, 3.05) is 31.6 Å². The Morgan fingerprint density at radius 1 is 1.37 bits per heavy atom. The highest BCUT2D eigenvalue weighted by Gasteiger charge is 2.33. The zero-order valence-electron chi connectivity index (χ0n) is 12.4. The van der Waals surface area contributed by atoms with Gasteiger partial charge in [0.15, 0.2) is 0 Å². The molecule has 1 saturated heterocycles. The van der Waals surface area contributed by atoms with Gasteiger partial charge >= 0.3 is 0 Å². The minimum Gasteiger partial charge on any atom is -0.305 e. The molecule has 2 rings (SSSR count). The Hall–Kier alpha value is -0.510. The van der Waals surface area contributed by atoms with Gasteiger partial charge in [0.2, 0.25) is 0 Å². The first-order chi connectivity index (χ1) is 9.15. The van der Waals surface area contributed by atoms with Crippen LogP contribution in [0.25, 0.3) is 0 Å². The predicted molar refractivity (Wildman–Crippen MR) is 85.8 cm³/mol. The molecule has 1 aromatic carbocycles. The summed E-state index contributed by atoms with van der Waals surface area (Å²) in [6.07, 6.45) is 3.48. The largest absolute Gasteiger partial charge is 0.305 e. The normalized spacial score (nSPS) is 26.3. The summed E-state index contributed by atoms with van der Waals surface area (Å²) in [6.45, 7) is 8.04. The molecule has 2 nitrogen and oxygen atoms in total. The Labute approximate surface area is 122 Å². The Kier molecular flexibility index (Phi) is 5.31. The second-order valence-electron chi connectivity index (χ2n) is 5.73. The maximum Gasteiger partial charge on any atom is 0.0535 e. The van der Waals surface area contributed by atoms with Crippen LogP contribution >= 0.6 is 11.8 Å². The third-order valence-electron chi connectivity index (χ3n) is 4.21. The predicted octanol–water partition coefficient (Wildman–Crippen LogP) is 2.95. The van der Waals surface area contributed by atoms with E-state index in [4.69, 9.17) is 0 Å². The summed E-state index contributed by atoms with van der Waals surface area (Å²) in [5.41, 5.74) is 1.49. The van der Waals surface area contributed by atoms with E-state index in [-0.39, 0.29) is 5.54 Å². The molecule has 2 atom stereocenters. The minimum atomic E-state index is 0.0904. The number of hydrogen-bond donors (Lipinski definition) is 1. The molecular formula is C16H26N2S. The van der Waals surface area contributed by atoms with Gasteiger partial charge in [-0.15, -0.1) is 0 Å². The SMILES string of the molecule is CSCCC(C)N1CCNC(C)(c2ccccc2)C1. The van der Waals surface area contributed by atoms with E-state index in [9.17, 15) is 0 Å². The molecule has 106 valence electrons. The van der Waals surface area contributed by atoms with E-state index in [2.05, 4.69) is 60.7 Å². The molecule has 1 aliphatic heterocycles. The first-order valence-corrected chi connectivity index (χ1v) is 8.58. The van der Waals surface area contributed by atoms with E-state index in [0.717, 1.165) is 19.6 Å². The lowest BCUT2D eigenvalue weighted by Gasteiger charge is -2.44. The molecule has 3 heteroatoms. The van der Waals surface area contributed by atoms with Crippen molar-refractivity contribution in [1.82, 2.24) is 10.2 Å². The molecule has 0 aliphatic carbocycles. The molecule has 0 spiro atoms. The Balaban J connectivity index is 2.04. The first-order valence-electron chi connectivity index (χ1n) is 7.19. The Morgan fingerprint density at radius 3 is 2.79 bits per heavy atom. The number of nitrogens with one attached hydrogen (secondary N) is 1. The van der Waals surface area contributed by atoms with Gasteiger partial charge in [0.25, 0.3) is 0 Å². The van der Waals surface area contributed by atoms with Gasteiger partial charge in [-0.25, -0.2) is 0 Å². The molecular weight excluding hydrogens is 252 g/mol. The highest BCUT2D eigenvalue weighted by atomic mass is 32.2. The number of thioether (sulfide) groups is 1. The molecule has 1 heterocycles. The van der Waals surface area contributed by atoms with Crippen LogP contribution in [0.1, 0.15) is 25.8 Å². The lowest BCUT2D eigenvalue weighted by Crippen LogP contribution is -2.58. The van der Waals surface area contributed by atoms with E-state index in [1.54, 1.807) is 0 Å². The number of nitrogens with zero attached hydrogens (tertiary/aromatic N) is 1. The maximum absolute atomic E-state index is 3.71. The van der Waals surface area contributed by atoms with E-state index >= 15 is 0 Å². The molecule has 1 aliphatic rings. The van der Waals surface area contributed by atoms with Gasteiger partial charge < -0.3 is 5.32 Å². The van der Waals surface area contributed by atoms with Crippen molar-refractivity contribution in [3.63, 3.8) is 0 Å². The van der Waals surface area contributed by atoms with E-state index in [1.807, 2.05) is 11.8 Å². The smallest absolute Gasteiger partial charge is 0.0535 e. The fraction of sp³-hybridized carbons (Fsp3) is 0.625. The maximum atomic E-state index is 3.71. The second-order valence-corrected chi connectivity index (χ2v) is 6.71. The van der Waals surface area contributed by atoms with Crippen LogP contribution in [0.2, 0.25) is 0 Å². The minimum absolute atomic E-state index is 0.0904. The van der Waals surface area contributed by atoms with Gasteiger partial charge in [0.05, 0.1) is 5.54 Å². The molecule has 0 saturated carbocycles. The van der Waals surface area contributed by atoms with Crippen molar-refractivity contribution in [2.45, 2.75) is 31.8 Å². The first kappa shape index (κ1) is 14.9. The summed E-state index contributed by atoms with van der Waals surface area (Å²) < 4.78 is 0. The van der Waals surface area contributed by atoms with Crippen molar-refractivity contribution in [2.24, 2.45) is 0 Å². The lowest BCUT2D eigenvalue weighted by molar-refractivity contribution is 0.105. The van der Waals surface area contributed by atoms with Crippen molar-refractivity contribution in [3.8, 4) is 0 Å². The summed E-state index contributed by atoms with van der Waals surface area (Å²) >= 11 is 1.95. The molecule has 1 N–H and O–H groups in total. The summed E-state index contributed by atoms with van der Waals surface area (Å²) in [5.74, 6) is 1.26. The van der Waals surface area contributed by atoms with Gasteiger partial charge in [-0.1, -0.05) is 30.3 Å². The molecule has 2 unspecified atom stereocenters. The number of piperazine rings is 1. The highest BCUT2D eigenvalue weighted by molar-refractivity contribution is 7.98. The lowest BCUT2D eigenvalue weighted by atomic mass is 9.89. The topological polar surface area (TPSA) is 15.3 Å².